The Morgan fingerprint density at radius 3 is 3.00 bits per heavy atom. The van der Waals surface area contributed by atoms with Crippen LogP contribution in [0.1, 0.15) is 16.2 Å². The van der Waals surface area contributed by atoms with Crippen LogP contribution in [0.15, 0.2) is 52.5 Å². The molecule has 0 saturated heterocycles. The van der Waals surface area contributed by atoms with Crippen LogP contribution in [0.25, 0.3) is 10.6 Å². The average Bonchev–Trinajstić information content (AvgIpc) is 3.24. The lowest BCUT2D eigenvalue weighted by Gasteiger charge is -2.01. The van der Waals surface area contributed by atoms with Crippen LogP contribution in [0.3, 0.4) is 0 Å². The van der Waals surface area contributed by atoms with Crippen LogP contribution in [0.2, 0.25) is 0 Å². The van der Waals surface area contributed by atoms with Gasteiger partial charge in [-0.3, -0.25) is 0 Å². The molecule has 3 rings (SSSR count). The number of carbonyl (C=O) groups is 1. The second-order valence-electron chi connectivity index (χ2n) is 4.43. The molecule has 1 aromatic carbocycles. The van der Waals surface area contributed by atoms with E-state index in [0.717, 1.165) is 16.3 Å². The fraction of sp³-hybridized carbons (Fsp3) is 0.125. The van der Waals surface area contributed by atoms with E-state index in [1.165, 1.54) is 17.6 Å². The Kier molecular flexibility index (Phi) is 4.20. The molecule has 0 atom stereocenters. The first-order valence-corrected chi connectivity index (χ1v) is 7.43. The SMILES string of the molecule is COc1cccc(-c2nc(COC(=O)c3ccco3)cs2)c1. The minimum Gasteiger partial charge on any atom is -0.497 e. The fourth-order valence-corrected chi connectivity index (χ4v) is 2.67. The summed E-state index contributed by atoms with van der Waals surface area (Å²) < 4.78 is 15.3. The predicted molar refractivity (Wildman–Crippen MR) is 81.9 cm³/mol. The Labute approximate surface area is 131 Å². The lowest BCUT2D eigenvalue weighted by molar-refractivity contribution is 0.0432. The second-order valence-corrected chi connectivity index (χ2v) is 5.29. The number of methoxy groups -OCH3 is 1. The molecule has 6 heteroatoms. The molecule has 0 aliphatic rings. The van der Waals surface area contributed by atoms with Crippen molar-refractivity contribution in [1.82, 2.24) is 4.98 Å². The van der Waals surface area contributed by atoms with E-state index in [1.54, 1.807) is 19.2 Å². The fourth-order valence-electron chi connectivity index (χ4n) is 1.87. The summed E-state index contributed by atoms with van der Waals surface area (Å²) in [6.45, 7) is 0.111. The highest BCUT2D eigenvalue weighted by Crippen LogP contribution is 2.27. The molecule has 5 nitrogen and oxygen atoms in total. The highest BCUT2D eigenvalue weighted by Gasteiger charge is 2.12. The molecule has 112 valence electrons. The maximum absolute atomic E-state index is 11.7. The molecule has 0 unspecified atom stereocenters. The number of nitrogens with zero attached hydrogens (tertiary/aromatic N) is 1. The number of hydrogen-bond acceptors (Lipinski definition) is 6. The standard InChI is InChI=1S/C16H13NO4S/c1-19-13-5-2-4-11(8-13)15-17-12(10-22-15)9-21-16(18)14-6-3-7-20-14/h2-8,10H,9H2,1H3. The van der Waals surface area contributed by atoms with E-state index < -0.39 is 5.97 Å². The molecule has 2 heterocycles. The second kappa shape index (κ2) is 6.44. The monoisotopic (exact) mass is 315 g/mol. The molecule has 0 aliphatic heterocycles. The summed E-state index contributed by atoms with van der Waals surface area (Å²) in [5.41, 5.74) is 1.66. The first-order chi connectivity index (χ1) is 10.8. The van der Waals surface area contributed by atoms with Crippen LogP contribution in [-0.4, -0.2) is 18.1 Å². The molecule has 22 heavy (non-hydrogen) atoms. The quantitative estimate of drug-likeness (QED) is 0.671. The van der Waals surface area contributed by atoms with E-state index in [1.807, 2.05) is 29.6 Å². The highest BCUT2D eigenvalue weighted by molar-refractivity contribution is 7.13. The smallest absolute Gasteiger partial charge is 0.374 e. The van der Waals surface area contributed by atoms with Crippen LogP contribution in [0, 0.1) is 0 Å². The Morgan fingerprint density at radius 2 is 2.23 bits per heavy atom. The van der Waals surface area contributed by atoms with E-state index in [-0.39, 0.29) is 12.4 Å². The van der Waals surface area contributed by atoms with Gasteiger partial charge in [-0.25, -0.2) is 9.78 Å². The minimum absolute atomic E-state index is 0.111. The summed E-state index contributed by atoms with van der Waals surface area (Å²) in [5.74, 6) is 0.461. The zero-order valence-electron chi connectivity index (χ0n) is 11.8. The van der Waals surface area contributed by atoms with E-state index in [4.69, 9.17) is 13.9 Å². The third-order valence-corrected chi connectivity index (χ3v) is 3.88. The van der Waals surface area contributed by atoms with Gasteiger partial charge in [0.2, 0.25) is 5.76 Å². The minimum atomic E-state index is -0.499. The van der Waals surface area contributed by atoms with E-state index in [9.17, 15) is 4.79 Å². The van der Waals surface area contributed by atoms with Crippen LogP contribution in [0.5, 0.6) is 5.75 Å². The molecule has 0 saturated carbocycles. The van der Waals surface area contributed by atoms with Crippen molar-refractivity contribution in [1.29, 1.82) is 0 Å². The number of aromatic nitrogens is 1. The molecular formula is C16H13NO4S. The Hall–Kier alpha value is -2.60. The summed E-state index contributed by atoms with van der Waals surface area (Å²) in [6.07, 6.45) is 1.43. The Morgan fingerprint density at radius 1 is 1.32 bits per heavy atom. The molecule has 0 fully saturated rings. The molecule has 0 N–H and O–H groups in total. The summed E-state index contributed by atoms with van der Waals surface area (Å²) in [6, 6.07) is 10.9. The Bertz CT molecular complexity index is 764. The van der Waals surface area contributed by atoms with Crippen molar-refractivity contribution in [2.75, 3.05) is 7.11 Å². The van der Waals surface area contributed by atoms with Crippen molar-refractivity contribution in [3.8, 4) is 16.3 Å². The summed E-state index contributed by atoms with van der Waals surface area (Å²) in [5, 5.41) is 2.72. The number of furan rings is 1. The molecule has 0 aliphatic carbocycles. The molecule has 0 radical (unpaired) electrons. The third kappa shape index (κ3) is 3.17. The van der Waals surface area contributed by atoms with E-state index >= 15 is 0 Å². The van der Waals surface area contributed by atoms with Crippen molar-refractivity contribution >= 4 is 17.3 Å². The third-order valence-electron chi connectivity index (χ3n) is 2.94. The lowest BCUT2D eigenvalue weighted by Crippen LogP contribution is -2.04. The number of hydrogen-bond donors (Lipinski definition) is 0. The van der Waals surface area contributed by atoms with Gasteiger partial charge in [0.25, 0.3) is 0 Å². The maximum Gasteiger partial charge on any atom is 0.374 e. The van der Waals surface area contributed by atoms with Crippen molar-refractivity contribution in [3.05, 3.63) is 59.5 Å². The van der Waals surface area contributed by atoms with Gasteiger partial charge in [-0.05, 0) is 24.3 Å². The number of benzene rings is 1. The summed E-state index contributed by atoms with van der Waals surface area (Å²) >= 11 is 1.49. The van der Waals surface area contributed by atoms with Gasteiger partial charge >= 0.3 is 5.97 Å². The van der Waals surface area contributed by atoms with Gasteiger partial charge in [0.1, 0.15) is 17.4 Å². The molecule has 3 aromatic rings. The molecular weight excluding hydrogens is 302 g/mol. The van der Waals surface area contributed by atoms with Crippen molar-refractivity contribution in [3.63, 3.8) is 0 Å². The average molecular weight is 315 g/mol. The van der Waals surface area contributed by atoms with E-state index in [2.05, 4.69) is 4.98 Å². The number of ether oxygens (including phenoxy) is 2. The zero-order chi connectivity index (χ0) is 15.4. The van der Waals surface area contributed by atoms with Crippen LogP contribution in [0.4, 0.5) is 0 Å². The van der Waals surface area contributed by atoms with Gasteiger partial charge in [0, 0.05) is 10.9 Å². The molecule has 0 spiro atoms. The first-order valence-electron chi connectivity index (χ1n) is 6.56. The topological polar surface area (TPSA) is 61.6 Å². The molecule has 0 bridgehead atoms. The van der Waals surface area contributed by atoms with Crippen LogP contribution >= 0.6 is 11.3 Å². The highest BCUT2D eigenvalue weighted by atomic mass is 32.1. The van der Waals surface area contributed by atoms with Gasteiger partial charge in [0.15, 0.2) is 0 Å². The van der Waals surface area contributed by atoms with Crippen LogP contribution < -0.4 is 4.74 Å². The summed E-state index contributed by atoms with van der Waals surface area (Å²) in [7, 11) is 1.63. The number of carbonyl (C=O) groups excluding carboxylic acids is 1. The maximum atomic E-state index is 11.7. The molecule has 0 amide bonds. The number of esters is 1. The lowest BCUT2D eigenvalue weighted by atomic mass is 10.2. The van der Waals surface area contributed by atoms with E-state index in [0.29, 0.717) is 5.69 Å². The van der Waals surface area contributed by atoms with Gasteiger partial charge in [-0.15, -0.1) is 11.3 Å². The van der Waals surface area contributed by atoms with Crippen molar-refractivity contribution in [2.24, 2.45) is 0 Å². The van der Waals surface area contributed by atoms with Gasteiger partial charge in [-0.2, -0.15) is 0 Å². The molecule has 2 aromatic heterocycles. The predicted octanol–water partition coefficient (Wildman–Crippen LogP) is 3.77. The van der Waals surface area contributed by atoms with Gasteiger partial charge < -0.3 is 13.9 Å². The first kappa shape index (κ1) is 14.3. The number of thiazole rings is 1. The van der Waals surface area contributed by atoms with Crippen LogP contribution in [-0.2, 0) is 11.3 Å². The van der Waals surface area contributed by atoms with Crippen molar-refractivity contribution < 1.29 is 18.7 Å². The van der Waals surface area contributed by atoms with Gasteiger partial charge in [-0.1, -0.05) is 12.1 Å². The number of rotatable bonds is 5. The van der Waals surface area contributed by atoms with Gasteiger partial charge in [0.05, 0.1) is 19.1 Å². The summed E-state index contributed by atoms with van der Waals surface area (Å²) in [4.78, 5) is 16.1. The zero-order valence-corrected chi connectivity index (χ0v) is 12.6. The Balaban J connectivity index is 1.67. The van der Waals surface area contributed by atoms with Crippen molar-refractivity contribution in [2.45, 2.75) is 6.61 Å². The normalized spacial score (nSPS) is 10.4. The largest absolute Gasteiger partial charge is 0.497 e.